The normalized spacial score (nSPS) is 12.4. The molecular formula is C15H16BrFN2. The quantitative estimate of drug-likeness (QED) is 0.903. The Morgan fingerprint density at radius 1 is 1.32 bits per heavy atom. The molecule has 0 saturated carbocycles. The van der Waals surface area contributed by atoms with Crippen LogP contribution >= 0.6 is 15.9 Å². The van der Waals surface area contributed by atoms with Gasteiger partial charge in [0.05, 0.1) is 0 Å². The van der Waals surface area contributed by atoms with Crippen LogP contribution < -0.4 is 5.32 Å². The Hall–Kier alpha value is -1.26. The number of nitrogens with one attached hydrogen (secondary N) is 1. The van der Waals surface area contributed by atoms with E-state index in [9.17, 15) is 4.39 Å². The molecule has 0 aliphatic rings. The number of hydrogen-bond acceptors (Lipinski definition) is 2. The van der Waals surface area contributed by atoms with Crippen molar-refractivity contribution in [3.8, 4) is 0 Å². The van der Waals surface area contributed by atoms with Crippen molar-refractivity contribution in [2.45, 2.75) is 19.4 Å². The van der Waals surface area contributed by atoms with Gasteiger partial charge in [-0.3, -0.25) is 4.98 Å². The van der Waals surface area contributed by atoms with E-state index in [-0.39, 0.29) is 11.9 Å². The van der Waals surface area contributed by atoms with Crippen LogP contribution in [0.3, 0.4) is 0 Å². The fraction of sp³-hybridized carbons (Fsp3) is 0.267. The van der Waals surface area contributed by atoms with Gasteiger partial charge in [-0.15, -0.1) is 0 Å². The molecule has 0 aliphatic heterocycles. The van der Waals surface area contributed by atoms with Crippen LogP contribution in [-0.2, 0) is 6.42 Å². The summed E-state index contributed by atoms with van der Waals surface area (Å²) in [5.41, 5.74) is 1.94. The van der Waals surface area contributed by atoms with Gasteiger partial charge in [-0.2, -0.15) is 0 Å². The van der Waals surface area contributed by atoms with Gasteiger partial charge >= 0.3 is 0 Å². The smallest absolute Gasteiger partial charge is 0.123 e. The van der Waals surface area contributed by atoms with Gasteiger partial charge in [0.15, 0.2) is 0 Å². The number of benzene rings is 1. The zero-order valence-corrected chi connectivity index (χ0v) is 12.3. The summed E-state index contributed by atoms with van der Waals surface area (Å²) < 4.78 is 14.3. The lowest BCUT2D eigenvalue weighted by Gasteiger charge is -2.18. The first kappa shape index (κ1) is 14.2. The van der Waals surface area contributed by atoms with E-state index >= 15 is 0 Å². The minimum absolute atomic E-state index is 0.0781. The molecule has 19 heavy (non-hydrogen) atoms. The number of halogens is 2. The molecule has 2 rings (SSSR count). The molecule has 0 aliphatic carbocycles. The molecule has 4 heteroatoms. The maximum absolute atomic E-state index is 13.3. The van der Waals surface area contributed by atoms with Crippen molar-refractivity contribution in [1.82, 2.24) is 10.3 Å². The van der Waals surface area contributed by atoms with E-state index in [1.54, 1.807) is 18.3 Å². The second kappa shape index (κ2) is 6.78. The highest BCUT2D eigenvalue weighted by Crippen LogP contribution is 2.19. The van der Waals surface area contributed by atoms with Gasteiger partial charge in [0.25, 0.3) is 0 Å². The predicted molar refractivity (Wildman–Crippen MR) is 78.5 cm³/mol. The Labute approximate surface area is 121 Å². The largest absolute Gasteiger partial charge is 0.310 e. The minimum atomic E-state index is -0.204. The zero-order valence-electron chi connectivity index (χ0n) is 10.7. The van der Waals surface area contributed by atoms with E-state index in [0.717, 1.165) is 28.7 Å². The number of hydrogen-bond donors (Lipinski definition) is 1. The molecule has 0 radical (unpaired) electrons. The molecule has 1 aromatic carbocycles. The summed E-state index contributed by atoms with van der Waals surface area (Å²) in [5.74, 6) is -0.204. The van der Waals surface area contributed by atoms with Crippen molar-refractivity contribution in [1.29, 1.82) is 0 Å². The molecule has 1 atom stereocenters. The third kappa shape index (κ3) is 4.11. The van der Waals surface area contributed by atoms with Crippen molar-refractivity contribution in [2.75, 3.05) is 6.54 Å². The van der Waals surface area contributed by atoms with E-state index in [4.69, 9.17) is 0 Å². The fourth-order valence-electron chi connectivity index (χ4n) is 2.01. The van der Waals surface area contributed by atoms with Crippen LogP contribution in [0.5, 0.6) is 0 Å². The summed E-state index contributed by atoms with van der Waals surface area (Å²) in [6, 6.07) is 10.7. The van der Waals surface area contributed by atoms with Gasteiger partial charge in [0.1, 0.15) is 5.82 Å². The molecule has 1 aromatic heterocycles. The first-order valence-electron chi connectivity index (χ1n) is 6.28. The van der Waals surface area contributed by atoms with Gasteiger partial charge < -0.3 is 5.32 Å². The Morgan fingerprint density at radius 2 is 2.16 bits per heavy atom. The average molecular weight is 323 g/mol. The van der Waals surface area contributed by atoms with Crippen molar-refractivity contribution >= 4 is 15.9 Å². The molecular weight excluding hydrogens is 307 g/mol. The summed E-state index contributed by atoms with van der Waals surface area (Å²) in [6.07, 6.45) is 2.52. The summed E-state index contributed by atoms with van der Waals surface area (Å²) in [6.45, 7) is 2.87. The Bertz CT molecular complexity index is 528. The van der Waals surface area contributed by atoms with Crippen molar-refractivity contribution in [3.05, 3.63) is 64.1 Å². The van der Waals surface area contributed by atoms with E-state index in [1.807, 2.05) is 25.1 Å². The SMILES string of the molecule is CCNC(Cc1ccc(Br)cn1)c1cccc(F)c1. The topological polar surface area (TPSA) is 24.9 Å². The Morgan fingerprint density at radius 3 is 2.79 bits per heavy atom. The van der Waals surface area contributed by atoms with Crippen molar-refractivity contribution in [3.63, 3.8) is 0 Å². The molecule has 0 amide bonds. The number of aromatic nitrogens is 1. The molecule has 0 fully saturated rings. The highest BCUT2D eigenvalue weighted by Gasteiger charge is 2.12. The summed E-state index contributed by atoms with van der Waals surface area (Å²) >= 11 is 3.37. The van der Waals surface area contributed by atoms with E-state index < -0.39 is 0 Å². The molecule has 0 saturated heterocycles. The number of rotatable bonds is 5. The van der Waals surface area contributed by atoms with Gasteiger partial charge in [0, 0.05) is 28.8 Å². The zero-order chi connectivity index (χ0) is 13.7. The van der Waals surface area contributed by atoms with Crippen LogP contribution in [0.4, 0.5) is 4.39 Å². The monoisotopic (exact) mass is 322 g/mol. The molecule has 100 valence electrons. The third-order valence-electron chi connectivity index (χ3n) is 2.90. The first-order valence-corrected chi connectivity index (χ1v) is 7.07. The van der Waals surface area contributed by atoms with Crippen LogP contribution in [0.15, 0.2) is 47.1 Å². The highest BCUT2D eigenvalue weighted by atomic mass is 79.9. The van der Waals surface area contributed by atoms with E-state index in [1.165, 1.54) is 6.07 Å². The van der Waals surface area contributed by atoms with Crippen molar-refractivity contribution < 1.29 is 4.39 Å². The maximum atomic E-state index is 13.3. The predicted octanol–water partition coefficient (Wildman–Crippen LogP) is 3.88. The van der Waals surface area contributed by atoms with Gasteiger partial charge in [0.2, 0.25) is 0 Å². The summed E-state index contributed by atoms with van der Waals surface area (Å²) in [4.78, 5) is 4.37. The third-order valence-corrected chi connectivity index (χ3v) is 3.37. The van der Waals surface area contributed by atoms with Crippen LogP contribution in [0.25, 0.3) is 0 Å². The van der Waals surface area contributed by atoms with E-state index in [2.05, 4.69) is 26.2 Å². The second-order valence-corrected chi connectivity index (χ2v) is 5.25. The molecule has 1 N–H and O–H groups in total. The molecule has 2 aromatic rings. The standard InChI is InChI=1S/C15H16BrFN2/c1-2-18-15(11-4-3-5-13(17)8-11)9-14-7-6-12(16)10-19-14/h3-8,10,15,18H,2,9H2,1H3. The van der Waals surface area contributed by atoms with Crippen LogP contribution in [0, 0.1) is 5.82 Å². The second-order valence-electron chi connectivity index (χ2n) is 4.34. The first-order chi connectivity index (χ1) is 9.19. The van der Waals surface area contributed by atoms with Crippen LogP contribution in [-0.4, -0.2) is 11.5 Å². The summed E-state index contributed by atoms with van der Waals surface area (Å²) in [7, 11) is 0. The summed E-state index contributed by atoms with van der Waals surface area (Å²) in [5, 5.41) is 3.37. The van der Waals surface area contributed by atoms with Crippen LogP contribution in [0.1, 0.15) is 24.2 Å². The lowest BCUT2D eigenvalue weighted by atomic mass is 10.0. The van der Waals surface area contributed by atoms with Crippen LogP contribution in [0.2, 0.25) is 0 Å². The van der Waals surface area contributed by atoms with Crippen molar-refractivity contribution in [2.24, 2.45) is 0 Å². The lowest BCUT2D eigenvalue weighted by Crippen LogP contribution is -2.23. The van der Waals surface area contributed by atoms with Gasteiger partial charge in [-0.05, 0) is 52.3 Å². The lowest BCUT2D eigenvalue weighted by molar-refractivity contribution is 0.537. The molecule has 1 heterocycles. The molecule has 2 nitrogen and oxygen atoms in total. The Kier molecular flexibility index (Phi) is 5.05. The highest BCUT2D eigenvalue weighted by molar-refractivity contribution is 9.10. The number of likely N-dealkylation sites (N-methyl/N-ethyl adjacent to an activating group) is 1. The fourth-order valence-corrected chi connectivity index (χ4v) is 2.25. The molecule has 1 unspecified atom stereocenters. The number of nitrogens with zero attached hydrogens (tertiary/aromatic N) is 1. The van der Waals surface area contributed by atoms with Gasteiger partial charge in [-0.1, -0.05) is 19.1 Å². The molecule has 0 bridgehead atoms. The Balaban J connectivity index is 2.18. The maximum Gasteiger partial charge on any atom is 0.123 e. The molecule has 0 spiro atoms. The minimum Gasteiger partial charge on any atom is -0.310 e. The average Bonchev–Trinajstić information content (AvgIpc) is 2.41. The van der Waals surface area contributed by atoms with Gasteiger partial charge in [-0.25, -0.2) is 4.39 Å². The van der Waals surface area contributed by atoms with E-state index in [0.29, 0.717) is 0 Å². The number of pyridine rings is 1.